The van der Waals surface area contributed by atoms with Crippen LogP contribution in [0.2, 0.25) is 0 Å². The van der Waals surface area contributed by atoms with E-state index in [9.17, 15) is 13.6 Å². The standard InChI is InChI=1S/C24H24F2N4O2/c1-16-11-20(29-23-6-5-19(26)14-27-23)13-22(28-16)17-7-9-30(15-17)24(31)8-10-32-21-4-2-3-18(25)12-21/h2-6,11-14,17H,7-10,15H2,1H3,(H,27,28,29)/t17-/m1/s1. The minimum absolute atomic E-state index is 0.00502. The van der Waals surface area contributed by atoms with E-state index in [-0.39, 0.29) is 36.5 Å². The number of hydrogen-bond acceptors (Lipinski definition) is 5. The third-order valence-corrected chi connectivity index (χ3v) is 5.31. The third-order valence-electron chi connectivity index (χ3n) is 5.31. The summed E-state index contributed by atoms with van der Waals surface area (Å²) in [6.07, 6.45) is 2.21. The van der Waals surface area contributed by atoms with E-state index >= 15 is 0 Å². The number of amides is 1. The number of anilines is 2. The normalized spacial score (nSPS) is 15.6. The summed E-state index contributed by atoms with van der Waals surface area (Å²) in [6.45, 7) is 3.35. The topological polar surface area (TPSA) is 67.4 Å². The molecule has 1 aliphatic heterocycles. The lowest BCUT2D eigenvalue weighted by molar-refractivity contribution is -0.130. The Hall–Kier alpha value is -3.55. The third kappa shape index (κ3) is 5.57. The first-order chi connectivity index (χ1) is 15.5. The predicted octanol–water partition coefficient (Wildman–Crippen LogP) is 4.59. The molecule has 1 saturated heterocycles. The van der Waals surface area contributed by atoms with E-state index in [1.807, 2.05) is 24.0 Å². The van der Waals surface area contributed by atoms with Gasteiger partial charge in [-0.15, -0.1) is 0 Å². The van der Waals surface area contributed by atoms with Gasteiger partial charge in [-0.1, -0.05) is 6.07 Å². The zero-order valence-electron chi connectivity index (χ0n) is 17.7. The Morgan fingerprint density at radius 1 is 1.19 bits per heavy atom. The van der Waals surface area contributed by atoms with E-state index in [2.05, 4.69) is 15.3 Å². The van der Waals surface area contributed by atoms with E-state index in [1.54, 1.807) is 18.2 Å². The summed E-state index contributed by atoms with van der Waals surface area (Å²) in [4.78, 5) is 23.1. The zero-order chi connectivity index (χ0) is 22.5. The second-order valence-electron chi connectivity index (χ2n) is 7.79. The molecule has 4 rings (SSSR count). The van der Waals surface area contributed by atoms with Crippen molar-refractivity contribution in [2.24, 2.45) is 0 Å². The maximum absolute atomic E-state index is 13.2. The van der Waals surface area contributed by atoms with Gasteiger partial charge in [-0.3, -0.25) is 9.78 Å². The Balaban J connectivity index is 1.33. The number of likely N-dealkylation sites (tertiary alicyclic amines) is 1. The molecule has 6 nitrogen and oxygen atoms in total. The van der Waals surface area contributed by atoms with Crippen molar-refractivity contribution in [2.45, 2.75) is 25.7 Å². The molecule has 166 valence electrons. The van der Waals surface area contributed by atoms with Gasteiger partial charge >= 0.3 is 0 Å². The van der Waals surface area contributed by atoms with Crippen LogP contribution in [0.15, 0.2) is 54.7 Å². The van der Waals surface area contributed by atoms with Crippen LogP contribution in [-0.2, 0) is 4.79 Å². The first-order valence-corrected chi connectivity index (χ1v) is 10.5. The monoisotopic (exact) mass is 438 g/mol. The van der Waals surface area contributed by atoms with Crippen molar-refractivity contribution in [1.29, 1.82) is 0 Å². The maximum Gasteiger partial charge on any atom is 0.226 e. The summed E-state index contributed by atoms with van der Waals surface area (Å²) in [5.41, 5.74) is 2.57. The Labute approximate surface area is 185 Å². The molecule has 0 saturated carbocycles. The number of carbonyl (C=O) groups is 1. The van der Waals surface area contributed by atoms with Gasteiger partial charge in [0.1, 0.15) is 23.2 Å². The van der Waals surface area contributed by atoms with Gasteiger partial charge < -0.3 is 15.0 Å². The fourth-order valence-electron chi connectivity index (χ4n) is 3.77. The van der Waals surface area contributed by atoms with Crippen molar-refractivity contribution in [3.8, 4) is 5.75 Å². The Morgan fingerprint density at radius 2 is 2.06 bits per heavy atom. The number of pyridine rings is 2. The summed E-state index contributed by atoms with van der Waals surface area (Å²) >= 11 is 0. The van der Waals surface area contributed by atoms with Crippen LogP contribution in [0.4, 0.5) is 20.3 Å². The van der Waals surface area contributed by atoms with Gasteiger partial charge in [-0.2, -0.15) is 0 Å². The zero-order valence-corrected chi connectivity index (χ0v) is 17.7. The second-order valence-corrected chi connectivity index (χ2v) is 7.79. The smallest absolute Gasteiger partial charge is 0.226 e. The molecule has 0 unspecified atom stereocenters. The van der Waals surface area contributed by atoms with Gasteiger partial charge in [-0.25, -0.2) is 13.8 Å². The molecule has 3 heterocycles. The summed E-state index contributed by atoms with van der Waals surface area (Å²) in [5.74, 6) is 0.335. The number of hydrogen-bond donors (Lipinski definition) is 1. The molecule has 1 N–H and O–H groups in total. The molecule has 3 aromatic rings. The van der Waals surface area contributed by atoms with Gasteiger partial charge in [0.25, 0.3) is 0 Å². The lowest BCUT2D eigenvalue weighted by Gasteiger charge is -2.17. The van der Waals surface area contributed by atoms with Gasteiger partial charge in [-0.05, 0) is 49.7 Å². The molecule has 1 aromatic carbocycles. The largest absolute Gasteiger partial charge is 0.493 e. The van der Waals surface area contributed by atoms with Crippen LogP contribution in [0.25, 0.3) is 0 Å². The number of benzene rings is 1. The van der Waals surface area contributed by atoms with Gasteiger partial charge in [0.15, 0.2) is 0 Å². The fourth-order valence-corrected chi connectivity index (χ4v) is 3.77. The number of nitrogens with zero attached hydrogens (tertiary/aromatic N) is 3. The number of carbonyl (C=O) groups excluding carboxylic acids is 1. The predicted molar refractivity (Wildman–Crippen MR) is 117 cm³/mol. The summed E-state index contributed by atoms with van der Waals surface area (Å²) in [7, 11) is 0. The highest BCUT2D eigenvalue weighted by Crippen LogP contribution is 2.29. The van der Waals surface area contributed by atoms with Gasteiger partial charge in [0.2, 0.25) is 5.91 Å². The fraction of sp³-hybridized carbons (Fsp3) is 0.292. The highest BCUT2D eigenvalue weighted by Gasteiger charge is 2.28. The quantitative estimate of drug-likeness (QED) is 0.584. The van der Waals surface area contributed by atoms with E-state index in [0.29, 0.717) is 24.7 Å². The number of halogens is 2. The second kappa shape index (κ2) is 9.72. The SMILES string of the molecule is Cc1cc(Nc2ccc(F)cn2)cc([C@@H]2CCN(C(=O)CCOc3cccc(F)c3)C2)n1. The number of aryl methyl sites for hydroxylation is 1. The molecule has 1 atom stereocenters. The van der Waals surface area contributed by atoms with Crippen LogP contribution in [0.3, 0.4) is 0 Å². The lowest BCUT2D eigenvalue weighted by atomic mass is 10.0. The molecule has 0 bridgehead atoms. The molecule has 32 heavy (non-hydrogen) atoms. The number of nitrogens with one attached hydrogen (secondary N) is 1. The van der Waals surface area contributed by atoms with Crippen LogP contribution in [0, 0.1) is 18.6 Å². The molecule has 1 aliphatic rings. The average molecular weight is 438 g/mol. The molecule has 0 radical (unpaired) electrons. The lowest BCUT2D eigenvalue weighted by Crippen LogP contribution is -2.29. The molecular weight excluding hydrogens is 414 g/mol. The molecule has 1 fully saturated rings. The van der Waals surface area contributed by atoms with Gasteiger partial charge in [0.05, 0.1) is 19.2 Å². The summed E-state index contributed by atoms with van der Waals surface area (Å²) in [5, 5.41) is 3.18. The average Bonchev–Trinajstić information content (AvgIpc) is 3.26. The summed E-state index contributed by atoms with van der Waals surface area (Å²) < 4.78 is 31.8. The van der Waals surface area contributed by atoms with E-state index in [0.717, 1.165) is 29.7 Å². The van der Waals surface area contributed by atoms with Gasteiger partial charge in [0, 0.05) is 42.1 Å². The minimum Gasteiger partial charge on any atom is -0.493 e. The van der Waals surface area contributed by atoms with Crippen molar-refractivity contribution in [2.75, 3.05) is 25.0 Å². The van der Waals surface area contributed by atoms with Crippen LogP contribution in [0.5, 0.6) is 5.75 Å². The number of aromatic nitrogens is 2. The van der Waals surface area contributed by atoms with Crippen molar-refractivity contribution in [3.05, 3.63) is 77.8 Å². The highest BCUT2D eigenvalue weighted by atomic mass is 19.1. The van der Waals surface area contributed by atoms with Crippen molar-refractivity contribution in [3.63, 3.8) is 0 Å². The molecule has 0 aliphatic carbocycles. The van der Waals surface area contributed by atoms with E-state index in [1.165, 1.54) is 18.2 Å². The Morgan fingerprint density at radius 3 is 2.84 bits per heavy atom. The molecule has 0 spiro atoms. The van der Waals surface area contributed by atoms with Crippen molar-refractivity contribution >= 4 is 17.4 Å². The molecule has 2 aromatic heterocycles. The first kappa shape index (κ1) is 21.7. The minimum atomic E-state index is -0.390. The van der Waals surface area contributed by atoms with E-state index in [4.69, 9.17) is 4.74 Å². The Bertz CT molecular complexity index is 1090. The van der Waals surface area contributed by atoms with Crippen LogP contribution in [0.1, 0.15) is 30.1 Å². The molecular formula is C24H24F2N4O2. The van der Waals surface area contributed by atoms with Crippen LogP contribution in [-0.4, -0.2) is 40.5 Å². The van der Waals surface area contributed by atoms with Crippen LogP contribution >= 0.6 is 0 Å². The number of ether oxygens (including phenoxy) is 1. The van der Waals surface area contributed by atoms with Crippen LogP contribution < -0.4 is 10.1 Å². The maximum atomic E-state index is 13.2. The highest BCUT2D eigenvalue weighted by molar-refractivity contribution is 5.76. The first-order valence-electron chi connectivity index (χ1n) is 10.5. The Kier molecular flexibility index (Phi) is 6.58. The molecule has 8 heteroatoms. The van der Waals surface area contributed by atoms with Crippen molar-refractivity contribution < 1.29 is 18.3 Å². The van der Waals surface area contributed by atoms with Crippen molar-refractivity contribution in [1.82, 2.24) is 14.9 Å². The molecule has 1 amide bonds. The number of rotatable bonds is 7. The van der Waals surface area contributed by atoms with E-state index < -0.39 is 0 Å². The summed E-state index contributed by atoms with van der Waals surface area (Å²) in [6, 6.07) is 12.7.